The lowest BCUT2D eigenvalue weighted by Gasteiger charge is -2.23. The zero-order chi connectivity index (χ0) is 10.3. The Morgan fingerprint density at radius 2 is 1.77 bits per heavy atom. The lowest BCUT2D eigenvalue weighted by Crippen LogP contribution is -2.32. The van der Waals surface area contributed by atoms with Crippen molar-refractivity contribution in [2.75, 3.05) is 46.1 Å². The van der Waals surface area contributed by atoms with E-state index in [9.17, 15) is 0 Å². The average Bonchev–Trinajstić information content (AvgIpc) is 2.10. The molecule has 0 amide bonds. The van der Waals surface area contributed by atoms with Crippen LogP contribution in [0.2, 0.25) is 0 Å². The second kappa shape index (κ2) is 7.77. The molecule has 0 aromatic heterocycles. The Hall–Kier alpha value is 0.400. The van der Waals surface area contributed by atoms with Crippen molar-refractivity contribution in [3.05, 3.63) is 0 Å². The molecule has 1 atom stereocenters. The lowest BCUT2D eigenvalue weighted by atomic mass is 10.1. The second-order valence-electron chi connectivity index (χ2n) is 3.99. The Bertz CT molecular complexity index is 113. The predicted octanol–water partition coefficient (Wildman–Crippen LogP) is 1.90. The predicted molar refractivity (Wildman–Crippen MR) is 63.6 cm³/mol. The van der Waals surface area contributed by atoms with Gasteiger partial charge in [-0.1, -0.05) is 29.3 Å². The zero-order valence-corrected chi connectivity index (χ0v) is 11.0. The molecule has 0 fully saturated rings. The molecule has 2 nitrogen and oxygen atoms in total. The van der Waals surface area contributed by atoms with Gasteiger partial charge in [0.2, 0.25) is 0 Å². The molecule has 0 N–H and O–H groups in total. The molecule has 0 saturated heterocycles. The Balaban J connectivity index is 3.53. The molecular formula is C10H23BrN2. The SMILES string of the molecule is CCC(CBr)CN(C)CCN(C)C. The van der Waals surface area contributed by atoms with E-state index in [-0.39, 0.29) is 0 Å². The van der Waals surface area contributed by atoms with Crippen molar-refractivity contribution in [2.45, 2.75) is 13.3 Å². The molecule has 0 bridgehead atoms. The van der Waals surface area contributed by atoms with Crippen LogP contribution in [-0.4, -0.2) is 55.9 Å². The lowest BCUT2D eigenvalue weighted by molar-refractivity contribution is 0.252. The monoisotopic (exact) mass is 250 g/mol. The van der Waals surface area contributed by atoms with E-state index in [0.29, 0.717) is 0 Å². The van der Waals surface area contributed by atoms with Crippen molar-refractivity contribution in [1.29, 1.82) is 0 Å². The standard InChI is InChI=1S/C10H23BrN2/c1-5-10(8-11)9-13(4)7-6-12(2)3/h10H,5-9H2,1-4H3. The highest BCUT2D eigenvalue weighted by atomic mass is 79.9. The van der Waals surface area contributed by atoms with Crippen molar-refractivity contribution >= 4 is 15.9 Å². The Kier molecular flexibility index (Phi) is 8.01. The minimum Gasteiger partial charge on any atom is -0.308 e. The largest absolute Gasteiger partial charge is 0.308 e. The zero-order valence-electron chi connectivity index (χ0n) is 9.39. The second-order valence-corrected chi connectivity index (χ2v) is 4.64. The smallest absolute Gasteiger partial charge is 0.0106 e. The molecule has 0 aliphatic carbocycles. The van der Waals surface area contributed by atoms with E-state index < -0.39 is 0 Å². The van der Waals surface area contributed by atoms with E-state index in [0.717, 1.165) is 24.3 Å². The van der Waals surface area contributed by atoms with Gasteiger partial charge in [-0.2, -0.15) is 0 Å². The van der Waals surface area contributed by atoms with E-state index in [2.05, 4.69) is 53.8 Å². The molecule has 0 saturated carbocycles. The summed E-state index contributed by atoms with van der Waals surface area (Å²) in [5.74, 6) is 0.798. The Labute approximate surface area is 91.4 Å². The molecule has 0 heterocycles. The van der Waals surface area contributed by atoms with Crippen LogP contribution in [0.15, 0.2) is 0 Å². The number of alkyl halides is 1. The van der Waals surface area contributed by atoms with Gasteiger partial charge >= 0.3 is 0 Å². The summed E-state index contributed by atoms with van der Waals surface area (Å²) in [5.41, 5.74) is 0. The van der Waals surface area contributed by atoms with Gasteiger partial charge in [0.25, 0.3) is 0 Å². The molecule has 80 valence electrons. The van der Waals surface area contributed by atoms with Crippen LogP contribution in [0.1, 0.15) is 13.3 Å². The minimum atomic E-state index is 0.798. The van der Waals surface area contributed by atoms with Gasteiger partial charge < -0.3 is 9.80 Å². The maximum absolute atomic E-state index is 3.55. The molecule has 0 radical (unpaired) electrons. The van der Waals surface area contributed by atoms with Crippen LogP contribution in [0, 0.1) is 5.92 Å². The summed E-state index contributed by atoms with van der Waals surface area (Å²) >= 11 is 3.55. The van der Waals surface area contributed by atoms with Crippen LogP contribution in [0.5, 0.6) is 0 Å². The van der Waals surface area contributed by atoms with E-state index in [1.54, 1.807) is 0 Å². The van der Waals surface area contributed by atoms with Gasteiger partial charge in [-0.15, -0.1) is 0 Å². The molecule has 0 rings (SSSR count). The molecule has 1 unspecified atom stereocenters. The van der Waals surface area contributed by atoms with Crippen LogP contribution in [0.3, 0.4) is 0 Å². The van der Waals surface area contributed by atoms with E-state index in [1.165, 1.54) is 13.0 Å². The van der Waals surface area contributed by atoms with Gasteiger partial charge in [0, 0.05) is 25.0 Å². The van der Waals surface area contributed by atoms with Gasteiger partial charge in [0.05, 0.1) is 0 Å². The van der Waals surface area contributed by atoms with Crippen molar-refractivity contribution in [3.8, 4) is 0 Å². The van der Waals surface area contributed by atoms with Crippen LogP contribution in [0.25, 0.3) is 0 Å². The van der Waals surface area contributed by atoms with Crippen LogP contribution in [-0.2, 0) is 0 Å². The summed E-state index contributed by atoms with van der Waals surface area (Å²) in [4.78, 5) is 4.64. The molecule has 0 spiro atoms. The highest BCUT2D eigenvalue weighted by Crippen LogP contribution is 2.07. The summed E-state index contributed by atoms with van der Waals surface area (Å²) in [5, 5.41) is 1.12. The molecule has 0 aliphatic heterocycles. The first-order valence-corrected chi connectivity index (χ1v) is 6.11. The number of hydrogen-bond acceptors (Lipinski definition) is 2. The molecular weight excluding hydrogens is 228 g/mol. The fourth-order valence-corrected chi connectivity index (χ4v) is 1.85. The van der Waals surface area contributed by atoms with Gasteiger partial charge in [-0.25, -0.2) is 0 Å². The Morgan fingerprint density at radius 1 is 1.15 bits per heavy atom. The van der Waals surface area contributed by atoms with Gasteiger partial charge in [-0.05, 0) is 27.1 Å². The van der Waals surface area contributed by atoms with Crippen LogP contribution in [0.4, 0.5) is 0 Å². The fourth-order valence-electron chi connectivity index (χ4n) is 1.19. The first-order valence-electron chi connectivity index (χ1n) is 4.99. The topological polar surface area (TPSA) is 6.48 Å². The van der Waals surface area contributed by atoms with Crippen LogP contribution >= 0.6 is 15.9 Å². The molecule has 3 heteroatoms. The quantitative estimate of drug-likeness (QED) is 0.638. The highest BCUT2D eigenvalue weighted by molar-refractivity contribution is 9.09. The minimum absolute atomic E-state index is 0.798. The summed E-state index contributed by atoms with van der Waals surface area (Å²) in [6, 6.07) is 0. The van der Waals surface area contributed by atoms with Crippen LogP contribution < -0.4 is 0 Å². The van der Waals surface area contributed by atoms with Crippen molar-refractivity contribution in [3.63, 3.8) is 0 Å². The average molecular weight is 251 g/mol. The fraction of sp³-hybridized carbons (Fsp3) is 1.00. The molecule has 13 heavy (non-hydrogen) atoms. The maximum Gasteiger partial charge on any atom is 0.0106 e. The summed E-state index contributed by atoms with van der Waals surface area (Å²) < 4.78 is 0. The molecule has 0 aromatic carbocycles. The summed E-state index contributed by atoms with van der Waals surface area (Å²) in [7, 11) is 6.44. The van der Waals surface area contributed by atoms with Gasteiger partial charge in [-0.3, -0.25) is 0 Å². The van der Waals surface area contributed by atoms with Gasteiger partial charge in [0.1, 0.15) is 0 Å². The normalized spacial score (nSPS) is 14.1. The third-order valence-electron chi connectivity index (χ3n) is 2.29. The van der Waals surface area contributed by atoms with E-state index in [4.69, 9.17) is 0 Å². The third kappa shape index (κ3) is 7.47. The first-order chi connectivity index (χ1) is 6.10. The third-order valence-corrected chi connectivity index (χ3v) is 3.21. The van der Waals surface area contributed by atoms with Crippen molar-refractivity contribution < 1.29 is 0 Å². The highest BCUT2D eigenvalue weighted by Gasteiger charge is 2.07. The number of rotatable bonds is 7. The maximum atomic E-state index is 3.55. The Morgan fingerprint density at radius 3 is 2.15 bits per heavy atom. The van der Waals surface area contributed by atoms with E-state index >= 15 is 0 Å². The number of nitrogens with zero attached hydrogens (tertiary/aromatic N) is 2. The molecule has 0 aliphatic rings. The number of likely N-dealkylation sites (N-methyl/N-ethyl adjacent to an activating group) is 2. The summed E-state index contributed by atoms with van der Waals surface area (Å²) in [6.45, 7) is 5.77. The van der Waals surface area contributed by atoms with Gasteiger partial charge in [0.15, 0.2) is 0 Å². The van der Waals surface area contributed by atoms with Crippen molar-refractivity contribution in [2.24, 2.45) is 5.92 Å². The number of halogens is 1. The molecule has 0 aromatic rings. The van der Waals surface area contributed by atoms with Crippen molar-refractivity contribution in [1.82, 2.24) is 9.80 Å². The first kappa shape index (κ1) is 13.4. The number of hydrogen-bond donors (Lipinski definition) is 0. The summed E-state index contributed by atoms with van der Waals surface area (Å²) in [6.07, 6.45) is 1.26. The van der Waals surface area contributed by atoms with E-state index in [1.807, 2.05) is 0 Å².